The van der Waals surface area contributed by atoms with Crippen LogP contribution in [0.1, 0.15) is 39.5 Å². The molecule has 0 aromatic rings. The maximum atomic E-state index is 5.76. The first kappa shape index (κ1) is 11.5. The Balaban J connectivity index is 3.53. The monoisotopic (exact) mass is 170 g/mol. The van der Waals surface area contributed by atoms with Gasteiger partial charge in [-0.2, -0.15) is 0 Å². The summed E-state index contributed by atoms with van der Waals surface area (Å²) in [5, 5.41) is 0. The molecule has 0 fully saturated rings. The fraction of sp³-hybridized carbons (Fsp3) is 0.800. The molecule has 2 heteroatoms. The summed E-state index contributed by atoms with van der Waals surface area (Å²) in [6, 6.07) is -0.0168. The fourth-order valence-electron chi connectivity index (χ4n) is 1.26. The molecule has 0 aromatic carbocycles. The van der Waals surface area contributed by atoms with E-state index in [2.05, 4.69) is 20.4 Å². The molecule has 0 bridgehead atoms. The molecule has 2 unspecified atom stereocenters. The van der Waals surface area contributed by atoms with Crippen molar-refractivity contribution in [1.29, 1.82) is 0 Å². The Morgan fingerprint density at radius 3 is 2.50 bits per heavy atom. The van der Waals surface area contributed by atoms with Gasteiger partial charge in [0.05, 0.1) is 0 Å². The molecule has 0 aliphatic carbocycles. The van der Waals surface area contributed by atoms with Gasteiger partial charge in [0.1, 0.15) is 0 Å². The number of nitrogens with two attached hydrogens (primary N) is 2. The first-order chi connectivity index (χ1) is 5.57. The van der Waals surface area contributed by atoms with Gasteiger partial charge in [-0.1, -0.05) is 39.7 Å². The summed E-state index contributed by atoms with van der Waals surface area (Å²) in [5.74, 6) is 0.667. The third kappa shape index (κ3) is 5.19. The third-order valence-electron chi connectivity index (χ3n) is 2.18. The molecular formula is C10H22N2. The summed E-state index contributed by atoms with van der Waals surface area (Å²) in [6.45, 7) is 8.06. The standard InChI is InChI=1S/C10H22N2/c1-4-5-6-8(2)7-10(12)9(3)11/h8,10H,3-7,11-12H2,1-2H3. The summed E-state index contributed by atoms with van der Waals surface area (Å²) < 4.78 is 0. The Bertz CT molecular complexity index is 132. The molecule has 0 radical (unpaired) electrons. The highest BCUT2D eigenvalue weighted by molar-refractivity contribution is 4.98. The molecule has 0 aliphatic heterocycles. The Labute approximate surface area is 76.0 Å². The van der Waals surface area contributed by atoms with Crippen LogP contribution in [0.5, 0.6) is 0 Å². The van der Waals surface area contributed by atoms with E-state index >= 15 is 0 Å². The molecule has 4 N–H and O–H groups in total. The lowest BCUT2D eigenvalue weighted by molar-refractivity contribution is 0.444. The molecule has 0 saturated heterocycles. The van der Waals surface area contributed by atoms with Crippen LogP contribution >= 0.6 is 0 Å². The van der Waals surface area contributed by atoms with Gasteiger partial charge in [0.15, 0.2) is 0 Å². The lowest BCUT2D eigenvalue weighted by Gasteiger charge is -2.16. The van der Waals surface area contributed by atoms with Crippen LogP contribution in [0.4, 0.5) is 0 Å². The first-order valence-corrected chi connectivity index (χ1v) is 4.77. The van der Waals surface area contributed by atoms with Crippen molar-refractivity contribution in [1.82, 2.24) is 0 Å². The van der Waals surface area contributed by atoms with Crippen LogP contribution in [-0.2, 0) is 0 Å². The second-order valence-electron chi connectivity index (χ2n) is 3.66. The van der Waals surface area contributed by atoms with Gasteiger partial charge in [0, 0.05) is 11.7 Å². The molecule has 2 atom stereocenters. The Morgan fingerprint density at radius 1 is 1.50 bits per heavy atom. The van der Waals surface area contributed by atoms with Crippen molar-refractivity contribution in [3.05, 3.63) is 12.3 Å². The quantitative estimate of drug-likeness (QED) is 0.640. The molecule has 0 heterocycles. The largest absolute Gasteiger partial charge is 0.401 e. The second-order valence-corrected chi connectivity index (χ2v) is 3.66. The number of unbranched alkanes of at least 4 members (excludes halogenated alkanes) is 1. The van der Waals surface area contributed by atoms with Gasteiger partial charge >= 0.3 is 0 Å². The minimum Gasteiger partial charge on any atom is -0.401 e. The normalized spacial score (nSPS) is 15.6. The minimum absolute atomic E-state index is 0.0168. The van der Waals surface area contributed by atoms with Crippen molar-refractivity contribution < 1.29 is 0 Å². The number of rotatable bonds is 6. The molecule has 12 heavy (non-hydrogen) atoms. The van der Waals surface area contributed by atoms with E-state index in [9.17, 15) is 0 Å². The van der Waals surface area contributed by atoms with Crippen molar-refractivity contribution in [3.8, 4) is 0 Å². The van der Waals surface area contributed by atoms with Crippen LogP contribution in [0.25, 0.3) is 0 Å². The average Bonchev–Trinajstić information content (AvgIpc) is 2.00. The van der Waals surface area contributed by atoms with Gasteiger partial charge in [0.2, 0.25) is 0 Å². The van der Waals surface area contributed by atoms with Crippen LogP contribution < -0.4 is 11.5 Å². The summed E-state index contributed by atoms with van der Waals surface area (Å²) in [5.41, 5.74) is 11.9. The van der Waals surface area contributed by atoms with Gasteiger partial charge in [-0.25, -0.2) is 0 Å². The van der Waals surface area contributed by atoms with E-state index in [0.717, 1.165) is 6.42 Å². The van der Waals surface area contributed by atoms with Gasteiger partial charge in [-0.3, -0.25) is 0 Å². The molecule has 0 aliphatic rings. The van der Waals surface area contributed by atoms with Gasteiger partial charge in [-0.15, -0.1) is 0 Å². The van der Waals surface area contributed by atoms with Gasteiger partial charge < -0.3 is 11.5 Å². The first-order valence-electron chi connectivity index (χ1n) is 4.77. The van der Waals surface area contributed by atoms with Crippen molar-refractivity contribution in [2.45, 2.75) is 45.6 Å². The van der Waals surface area contributed by atoms with Crippen LogP contribution in [0.3, 0.4) is 0 Å². The van der Waals surface area contributed by atoms with Gasteiger partial charge in [-0.05, 0) is 12.3 Å². The predicted molar refractivity (Wildman–Crippen MR) is 54.6 cm³/mol. The molecule has 0 saturated carbocycles. The van der Waals surface area contributed by atoms with E-state index < -0.39 is 0 Å². The molecule has 0 rings (SSSR count). The molecule has 2 nitrogen and oxygen atoms in total. The highest BCUT2D eigenvalue weighted by atomic mass is 14.7. The number of hydrogen-bond acceptors (Lipinski definition) is 2. The van der Waals surface area contributed by atoms with Crippen LogP contribution in [-0.4, -0.2) is 6.04 Å². The van der Waals surface area contributed by atoms with E-state index in [-0.39, 0.29) is 6.04 Å². The van der Waals surface area contributed by atoms with E-state index in [4.69, 9.17) is 11.5 Å². The van der Waals surface area contributed by atoms with Crippen LogP contribution in [0, 0.1) is 5.92 Å². The van der Waals surface area contributed by atoms with Crippen LogP contribution in [0.15, 0.2) is 12.3 Å². The van der Waals surface area contributed by atoms with Crippen molar-refractivity contribution in [2.75, 3.05) is 0 Å². The van der Waals surface area contributed by atoms with Crippen molar-refractivity contribution in [2.24, 2.45) is 17.4 Å². The lowest BCUT2D eigenvalue weighted by Crippen LogP contribution is -2.28. The van der Waals surface area contributed by atoms with E-state index in [1.807, 2.05) is 0 Å². The second kappa shape index (κ2) is 6.06. The van der Waals surface area contributed by atoms with E-state index in [0.29, 0.717) is 11.6 Å². The molecule has 0 aromatic heterocycles. The zero-order chi connectivity index (χ0) is 9.56. The average molecular weight is 170 g/mol. The zero-order valence-electron chi connectivity index (χ0n) is 8.34. The predicted octanol–water partition coefficient (Wildman–Crippen LogP) is 2.00. The Morgan fingerprint density at radius 2 is 2.08 bits per heavy atom. The van der Waals surface area contributed by atoms with E-state index in [1.54, 1.807) is 0 Å². The summed E-state index contributed by atoms with van der Waals surface area (Å²) in [6.07, 6.45) is 4.75. The molecule has 0 spiro atoms. The third-order valence-corrected chi connectivity index (χ3v) is 2.18. The molecular weight excluding hydrogens is 148 g/mol. The molecule has 0 amide bonds. The zero-order valence-corrected chi connectivity index (χ0v) is 8.34. The maximum absolute atomic E-state index is 5.76. The van der Waals surface area contributed by atoms with Crippen LogP contribution in [0.2, 0.25) is 0 Å². The van der Waals surface area contributed by atoms with Crippen molar-refractivity contribution in [3.63, 3.8) is 0 Å². The van der Waals surface area contributed by atoms with Gasteiger partial charge in [0.25, 0.3) is 0 Å². The molecule has 72 valence electrons. The SMILES string of the molecule is C=C(N)C(N)CC(C)CCCC. The number of hydrogen-bond donors (Lipinski definition) is 2. The Kier molecular flexibility index (Phi) is 5.81. The summed E-state index contributed by atoms with van der Waals surface area (Å²) >= 11 is 0. The summed E-state index contributed by atoms with van der Waals surface area (Å²) in [4.78, 5) is 0. The smallest absolute Gasteiger partial charge is 0.0438 e. The lowest BCUT2D eigenvalue weighted by atomic mass is 9.96. The Hall–Kier alpha value is -0.500. The fourth-order valence-corrected chi connectivity index (χ4v) is 1.26. The van der Waals surface area contributed by atoms with Crippen molar-refractivity contribution >= 4 is 0 Å². The minimum atomic E-state index is -0.0168. The highest BCUT2D eigenvalue weighted by Crippen LogP contribution is 2.14. The topological polar surface area (TPSA) is 52.0 Å². The summed E-state index contributed by atoms with van der Waals surface area (Å²) in [7, 11) is 0. The maximum Gasteiger partial charge on any atom is 0.0438 e. The van der Waals surface area contributed by atoms with E-state index in [1.165, 1.54) is 19.3 Å². The highest BCUT2D eigenvalue weighted by Gasteiger charge is 2.09.